The molecule has 0 atom stereocenters. The molecule has 1 amide bonds. The predicted molar refractivity (Wildman–Crippen MR) is 116 cm³/mol. The van der Waals surface area contributed by atoms with Gasteiger partial charge in [-0.3, -0.25) is 10.1 Å². The van der Waals surface area contributed by atoms with Gasteiger partial charge < -0.3 is 14.4 Å². The van der Waals surface area contributed by atoms with Gasteiger partial charge in [-0.15, -0.1) is 0 Å². The van der Waals surface area contributed by atoms with Crippen LogP contribution in [0.5, 0.6) is 5.75 Å². The molecule has 0 N–H and O–H groups in total. The van der Waals surface area contributed by atoms with E-state index < -0.39 is 13.7 Å². The molecular formula is C21H34N2O5Si. The third-order valence-corrected chi connectivity index (χ3v) is 6.23. The lowest BCUT2D eigenvalue weighted by atomic mass is 10.1. The highest BCUT2D eigenvalue weighted by atomic mass is 28.3. The van der Waals surface area contributed by atoms with E-state index in [1.807, 2.05) is 27.7 Å². The number of benzene rings is 1. The third kappa shape index (κ3) is 6.73. The number of hydrogen-bond acceptors (Lipinski definition) is 5. The first-order valence-electron chi connectivity index (χ1n) is 10.2. The lowest BCUT2D eigenvalue weighted by Crippen LogP contribution is -2.44. The quantitative estimate of drug-likeness (QED) is 0.374. The smallest absolute Gasteiger partial charge is 0.410 e. The molecule has 0 aromatic heterocycles. The second-order valence-electron chi connectivity index (χ2n) is 9.97. The van der Waals surface area contributed by atoms with Crippen LogP contribution in [0.4, 0.5) is 10.5 Å². The Balaban J connectivity index is 2.09. The van der Waals surface area contributed by atoms with Crippen LogP contribution in [-0.2, 0) is 10.8 Å². The molecule has 162 valence electrons. The van der Waals surface area contributed by atoms with E-state index in [0.717, 1.165) is 17.2 Å². The molecule has 0 saturated carbocycles. The largest absolute Gasteiger partial charge is 0.490 e. The Morgan fingerprint density at radius 3 is 2.31 bits per heavy atom. The Kier molecular flexibility index (Phi) is 6.98. The van der Waals surface area contributed by atoms with Gasteiger partial charge in [0.15, 0.2) is 0 Å². The number of nitro benzene ring substituents is 1. The van der Waals surface area contributed by atoms with Crippen LogP contribution in [0.1, 0.15) is 44.7 Å². The maximum atomic E-state index is 12.2. The second kappa shape index (κ2) is 8.73. The van der Waals surface area contributed by atoms with Gasteiger partial charge in [-0.05, 0) is 39.8 Å². The Labute approximate surface area is 174 Å². The average molecular weight is 423 g/mol. The van der Waals surface area contributed by atoms with Gasteiger partial charge in [-0.1, -0.05) is 19.6 Å². The van der Waals surface area contributed by atoms with Crippen LogP contribution in [0, 0.1) is 17.0 Å². The second-order valence-corrected chi connectivity index (χ2v) is 15.4. The predicted octanol–water partition coefficient (Wildman–Crippen LogP) is 5.10. The fourth-order valence-corrected chi connectivity index (χ4v) is 4.94. The number of hydrogen-bond donors (Lipinski definition) is 0. The molecule has 1 fully saturated rings. The van der Waals surface area contributed by atoms with Crippen molar-refractivity contribution in [2.24, 2.45) is 0 Å². The van der Waals surface area contributed by atoms with Gasteiger partial charge in [0.1, 0.15) is 17.5 Å². The number of amides is 1. The summed E-state index contributed by atoms with van der Waals surface area (Å²) in [5.74, 6) is 0.708. The average Bonchev–Trinajstić information content (AvgIpc) is 2.56. The highest BCUT2D eigenvalue weighted by Crippen LogP contribution is 2.33. The van der Waals surface area contributed by atoms with E-state index in [4.69, 9.17) is 9.47 Å². The lowest BCUT2D eigenvalue weighted by molar-refractivity contribution is -0.385. The van der Waals surface area contributed by atoms with Crippen molar-refractivity contribution in [2.75, 3.05) is 13.1 Å². The highest BCUT2D eigenvalue weighted by molar-refractivity contribution is 6.75. The topological polar surface area (TPSA) is 81.9 Å². The molecule has 0 unspecified atom stereocenters. The fraction of sp³-hybridized carbons (Fsp3) is 0.667. The molecule has 1 heterocycles. The summed E-state index contributed by atoms with van der Waals surface area (Å²) in [5.41, 5.74) is 1.32. The van der Waals surface area contributed by atoms with E-state index in [-0.39, 0.29) is 22.8 Å². The van der Waals surface area contributed by atoms with Crippen molar-refractivity contribution in [1.82, 2.24) is 4.90 Å². The van der Waals surface area contributed by atoms with Crippen molar-refractivity contribution in [3.63, 3.8) is 0 Å². The first-order chi connectivity index (χ1) is 13.3. The molecule has 29 heavy (non-hydrogen) atoms. The van der Waals surface area contributed by atoms with Gasteiger partial charge in [0.25, 0.3) is 5.69 Å². The van der Waals surface area contributed by atoms with Crippen LogP contribution in [0.2, 0.25) is 19.6 Å². The van der Waals surface area contributed by atoms with Crippen LogP contribution in [0.25, 0.3) is 0 Å². The Morgan fingerprint density at radius 1 is 1.24 bits per heavy atom. The van der Waals surface area contributed by atoms with Crippen LogP contribution in [0.15, 0.2) is 12.1 Å². The molecule has 8 heteroatoms. The third-order valence-electron chi connectivity index (χ3n) is 4.82. The summed E-state index contributed by atoms with van der Waals surface area (Å²) in [5, 5.41) is 11.5. The van der Waals surface area contributed by atoms with Gasteiger partial charge in [-0.25, -0.2) is 4.79 Å². The molecule has 0 bridgehead atoms. The first-order valence-corrected chi connectivity index (χ1v) is 13.9. The van der Waals surface area contributed by atoms with Crippen molar-refractivity contribution < 1.29 is 19.2 Å². The number of likely N-dealkylation sites (tertiary alicyclic amines) is 1. The van der Waals surface area contributed by atoms with Crippen molar-refractivity contribution in [3.05, 3.63) is 33.4 Å². The Morgan fingerprint density at radius 2 is 1.83 bits per heavy atom. The standard InChI is InChI=1S/C21H34N2O5Si/c1-15-17(14-29(5,6)7)18(23(25)26)8-9-19(15)27-16-10-12-22(13-11-16)20(24)28-21(2,3)4/h8-9,16H,10-14H2,1-7H3. The minimum Gasteiger partial charge on any atom is -0.490 e. The number of carbonyl (C=O) groups excluding carboxylic acids is 1. The van der Waals surface area contributed by atoms with E-state index in [2.05, 4.69) is 19.6 Å². The summed E-state index contributed by atoms with van der Waals surface area (Å²) in [6, 6.07) is 4.01. The minimum atomic E-state index is -1.54. The number of nitro groups is 1. The SMILES string of the molecule is Cc1c(OC2CCN(C(=O)OC(C)(C)C)CC2)ccc([N+](=O)[O-])c1C[Si](C)(C)C. The van der Waals surface area contributed by atoms with Crippen LogP contribution in [-0.4, -0.2) is 48.8 Å². The van der Waals surface area contributed by atoms with Crippen molar-refractivity contribution in [2.45, 2.75) is 77.9 Å². The van der Waals surface area contributed by atoms with Crippen molar-refractivity contribution in [1.29, 1.82) is 0 Å². The molecule has 0 aliphatic carbocycles. The molecule has 2 rings (SSSR count). The van der Waals surface area contributed by atoms with Gasteiger partial charge in [-0.2, -0.15) is 0 Å². The number of nitrogens with zero attached hydrogens (tertiary/aromatic N) is 2. The normalized spacial score (nSPS) is 15.9. The zero-order valence-corrected chi connectivity index (χ0v) is 19.7. The summed E-state index contributed by atoms with van der Waals surface area (Å²) in [7, 11) is -1.54. The number of rotatable bonds is 5. The van der Waals surface area contributed by atoms with Crippen LogP contribution >= 0.6 is 0 Å². The lowest BCUT2D eigenvalue weighted by Gasteiger charge is -2.33. The van der Waals surface area contributed by atoms with E-state index in [1.165, 1.54) is 0 Å². The summed E-state index contributed by atoms with van der Waals surface area (Å²) < 4.78 is 11.7. The monoisotopic (exact) mass is 422 g/mol. The molecule has 7 nitrogen and oxygen atoms in total. The summed E-state index contributed by atoms with van der Waals surface area (Å²) in [6.45, 7) is 15.2. The number of piperidine rings is 1. The zero-order valence-electron chi connectivity index (χ0n) is 18.7. The first kappa shape index (κ1) is 23.2. The molecule has 0 spiro atoms. The van der Waals surface area contributed by atoms with Crippen molar-refractivity contribution in [3.8, 4) is 5.75 Å². The van der Waals surface area contributed by atoms with E-state index in [1.54, 1.807) is 17.0 Å². The van der Waals surface area contributed by atoms with Gasteiger partial charge in [0.2, 0.25) is 0 Å². The maximum absolute atomic E-state index is 12.2. The molecule has 1 saturated heterocycles. The van der Waals surface area contributed by atoms with Gasteiger partial charge in [0.05, 0.1) is 4.92 Å². The van der Waals surface area contributed by atoms with Crippen molar-refractivity contribution >= 4 is 19.9 Å². The zero-order chi connectivity index (χ0) is 22.0. The highest BCUT2D eigenvalue weighted by Gasteiger charge is 2.29. The van der Waals surface area contributed by atoms with E-state index in [9.17, 15) is 14.9 Å². The summed E-state index contributed by atoms with van der Waals surface area (Å²) >= 11 is 0. The molecule has 1 aliphatic rings. The fourth-order valence-electron chi connectivity index (χ4n) is 3.44. The molecule has 0 radical (unpaired) electrons. The number of ether oxygens (including phenoxy) is 2. The van der Waals surface area contributed by atoms with Crippen LogP contribution in [0.3, 0.4) is 0 Å². The van der Waals surface area contributed by atoms with Gasteiger partial charge in [0, 0.05) is 51.2 Å². The Bertz CT molecular complexity index is 760. The number of carbonyl (C=O) groups is 1. The van der Waals surface area contributed by atoms with Gasteiger partial charge >= 0.3 is 6.09 Å². The molecule has 1 aromatic rings. The maximum Gasteiger partial charge on any atom is 0.410 e. The summed E-state index contributed by atoms with van der Waals surface area (Å²) in [4.78, 5) is 25.1. The van der Waals surface area contributed by atoms with E-state index in [0.29, 0.717) is 31.7 Å². The summed E-state index contributed by atoms with van der Waals surface area (Å²) in [6.07, 6.45) is 1.10. The van der Waals surface area contributed by atoms with Crippen LogP contribution < -0.4 is 4.74 Å². The molecule has 1 aromatic carbocycles. The Hall–Kier alpha value is -2.09. The molecular weight excluding hydrogens is 388 g/mol. The minimum absolute atomic E-state index is 0.0198. The van der Waals surface area contributed by atoms with E-state index >= 15 is 0 Å². The molecule has 1 aliphatic heterocycles.